The van der Waals surface area contributed by atoms with E-state index < -0.39 is 0 Å². The normalized spacial score (nSPS) is 10.2. The van der Waals surface area contributed by atoms with E-state index in [0.717, 1.165) is 36.5 Å². The van der Waals surface area contributed by atoms with Crippen LogP contribution >= 0.6 is 0 Å². The molecule has 0 aliphatic rings. The first kappa shape index (κ1) is 19.1. The first-order valence-electron chi connectivity index (χ1n) is 9.51. The maximum absolute atomic E-state index is 5.80. The molecule has 1 aromatic heterocycles. The Balaban J connectivity index is 1.75. The van der Waals surface area contributed by atoms with Gasteiger partial charge in [0, 0.05) is 11.8 Å². The second-order valence-electron chi connectivity index (χ2n) is 6.30. The third kappa shape index (κ3) is 7.44. The van der Waals surface area contributed by atoms with Crippen molar-refractivity contribution in [1.29, 1.82) is 0 Å². The van der Waals surface area contributed by atoms with Crippen LogP contribution in [0.2, 0.25) is 0 Å². The molecule has 0 bridgehead atoms. The highest BCUT2D eigenvalue weighted by Crippen LogP contribution is 2.13. The van der Waals surface area contributed by atoms with Gasteiger partial charge in [0.2, 0.25) is 0 Å². The second kappa shape index (κ2) is 11.3. The van der Waals surface area contributed by atoms with E-state index in [2.05, 4.69) is 36.7 Å². The van der Waals surface area contributed by atoms with Gasteiger partial charge >= 0.3 is 0 Å². The van der Waals surface area contributed by atoms with E-state index in [9.17, 15) is 0 Å². The standard InChI is InChI=1S/C23H29NO/c1-3-5-6-7-8-9-18-25-23-16-12-21(13-17-23)11-15-22-14-10-20(4-2)19-24-22/h10,12-14,16-17,19H,3-9,18H2,1-2H3. The summed E-state index contributed by atoms with van der Waals surface area (Å²) in [7, 11) is 0. The van der Waals surface area contributed by atoms with E-state index in [1.807, 2.05) is 36.5 Å². The van der Waals surface area contributed by atoms with E-state index in [0.29, 0.717) is 0 Å². The maximum atomic E-state index is 5.80. The van der Waals surface area contributed by atoms with Crippen molar-refractivity contribution in [1.82, 2.24) is 4.98 Å². The molecular weight excluding hydrogens is 306 g/mol. The van der Waals surface area contributed by atoms with Gasteiger partial charge in [-0.05, 0) is 54.7 Å². The average Bonchev–Trinajstić information content (AvgIpc) is 2.67. The van der Waals surface area contributed by atoms with Gasteiger partial charge in [-0.3, -0.25) is 0 Å². The lowest BCUT2D eigenvalue weighted by Crippen LogP contribution is -1.97. The van der Waals surface area contributed by atoms with E-state index in [4.69, 9.17) is 4.74 Å². The number of pyridine rings is 1. The van der Waals surface area contributed by atoms with Crippen molar-refractivity contribution in [2.45, 2.75) is 58.8 Å². The second-order valence-corrected chi connectivity index (χ2v) is 6.30. The van der Waals surface area contributed by atoms with Crippen molar-refractivity contribution in [3.05, 3.63) is 59.4 Å². The van der Waals surface area contributed by atoms with Crippen LogP contribution in [-0.2, 0) is 6.42 Å². The summed E-state index contributed by atoms with van der Waals surface area (Å²) in [5, 5.41) is 0. The SMILES string of the molecule is CCCCCCCCOc1ccc(C#Cc2ccc(CC)cn2)cc1. The zero-order valence-electron chi connectivity index (χ0n) is 15.6. The minimum atomic E-state index is 0.796. The topological polar surface area (TPSA) is 22.1 Å². The molecule has 2 nitrogen and oxygen atoms in total. The predicted octanol–water partition coefficient (Wildman–Crippen LogP) is 5.78. The van der Waals surface area contributed by atoms with Gasteiger partial charge in [0.05, 0.1) is 6.61 Å². The molecule has 0 amide bonds. The van der Waals surface area contributed by atoms with Crippen molar-refractivity contribution in [2.75, 3.05) is 6.61 Å². The van der Waals surface area contributed by atoms with Crippen LogP contribution in [0.5, 0.6) is 5.75 Å². The Morgan fingerprint density at radius 3 is 2.28 bits per heavy atom. The Kier molecular flexibility index (Phi) is 8.63. The van der Waals surface area contributed by atoms with Crippen LogP contribution in [0.15, 0.2) is 42.6 Å². The Hall–Kier alpha value is -2.27. The third-order valence-electron chi connectivity index (χ3n) is 4.19. The molecular formula is C23H29NO. The zero-order chi connectivity index (χ0) is 17.7. The molecule has 132 valence electrons. The number of aromatic nitrogens is 1. The summed E-state index contributed by atoms with van der Waals surface area (Å²) in [6.45, 7) is 5.17. The Morgan fingerprint density at radius 1 is 0.840 bits per heavy atom. The van der Waals surface area contributed by atoms with E-state index in [1.54, 1.807) is 0 Å². The van der Waals surface area contributed by atoms with Gasteiger partial charge in [0.25, 0.3) is 0 Å². The van der Waals surface area contributed by atoms with Gasteiger partial charge < -0.3 is 4.74 Å². The Morgan fingerprint density at radius 2 is 1.60 bits per heavy atom. The van der Waals surface area contributed by atoms with Gasteiger partial charge in [-0.25, -0.2) is 4.98 Å². The summed E-state index contributed by atoms with van der Waals surface area (Å²) >= 11 is 0. The number of unbranched alkanes of at least 4 members (excludes halogenated alkanes) is 5. The van der Waals surface area contributed by atoms with Crippen LogP contribution in [0.25, 0.3) is 0 Å². The molecule has 0 atom stereocenters. The minimum Gasteiger partial charge on any atom is -0.494 e. The smallest absolute Gasteiger partial charge is 0.119 e. The molecule has 2 rings (SSSR count). The Labute approximate surface area is 152 Å². The zero-order valence-corrected chi connectivity index (χ0v) is 15.6. The molecule has 0 N–H and O–H groups in total. The molecule has 0 aliphatic carbocycles. The van der Waals surface area contributed by atoms with Gasteiger partial charge in [-0.15, -0.1) is 0 Å². The Bertz CT molecular complexity index is 662. The predicted molar refractivity (Wildman–Crippen MR) is 105 cm³/mol. The van der Waals surface area contributed by atoms with E-state index in [-0.39, 0.29) is 0 Å². The molecule has 0 saturated heterocycles. The van der Waals surface area contributed by atoms with Crippen molar-refractivity contribution >= 4 is 0 Å². The summed E-state index contributed by atoms with van der Waals surface area (Å²) in [5.74, 6) is 7.18. The summed E-state index contributed by atoms with van der Waals surface area (Å²) in [6, 6.07) is 12.1. The number of nitrogens with zero attached hydrogens (tertiary/aromatic N) is 1. The largest absolute Gasteiger partial charge is 0.494 e. The fraction of sp³-hybridized carbons (Fsp3) is 0.435. The van der Waals surface area contributed by atoms with Crippen molar-refractivity contribution in [3.63, 3.8) is 0 Å². The van der Waals surface area contributed by atoms with Crippen molar-refractivity contribution in [3.8, 4) is 17.6 Å². The van der Waals surface area contributed by atoms with Gasteiger partial charge in [-0.2, -0.15) is 0 Å². The first-order chi connectivity index (χ1) is 12.3. The summed E-state index contributed by atoms with van der Waals surface area (Å²) in [6.07, 6.45) is 10.6. The molecule has 1 heterocycles. The quantitative estimate of drug-likeness (QED) is 0.428. The average molecular weight is 335 g/mol. The molecule has 0 fully saturated rings. The lowest BCUT2D eigenvalue weighted by atomic mass is 10.1. The summed E-state index contributed by atoms with van der Waals surface area (Å²) in [5.41, 5.74) is 3.02. The first-order valence-corrected chi connectivity index (χ1v) is 9.51. The highest BCUT2D eigenvalue weighted by molar-refractivity contribution is 5.42. The number of aryl methyl sites for hydroxylation is 1. The molecule has 25 heavy (non-hydrogen) atoms. The van der Waals surface area contributed by atoms with Crippen LogP contribution in [0, 0.1) is 11.8 Å². The van der Waals surface area contributed by atoms with Crippen LogP contribution in [0.1, 0.15) is 69.2 Å². The van der Waals surface area contributed by atoms with Crippen LogP contribution in [-0.4, -0.2) is 11.6 Å². The third-order valence-corrected chi connectivity index (χ3v) is 4.19. The molecule has 0 radical (unpaired) electrons. The number of hydrogen-bond donors (Lipinski definition) is 0. The van der Waals surface area contributed by atoms with Gasteiger partial charge in [0.1, 0.15) is 11.4 Å². The molecule has 2 aromatic rings. The highest BCUT2D eigenvalue weighted by Gasteiger charge is 1.95. The van der Waals surface area contributed by atoms with Gasteiger partial charge in [0.15, 0.2) is 0 Å². The number of benzene rings is 1. The highest BCUT2D eigenvalue weighted by atomic mass is 16.5. The van der Waals surface area contributed by atoms with Crippen LogP contribution in [0.3, 0.4) is 0 Å². The molecule has 0 spiro atoms. The molecule has 2 heteroatoms. The van der Waals surface area contributed by atoms with Crippen molar-refractivity contribution < 1.29 is 4.74 Å². The van der Waals surface area contributed by atoms with Crippen LogP contribution < -0.4 is 4.74 Å². The van der Waals surface area contributed by atoms with Crippen LogP contribution in [0.4, 0.5) is 0 Å². The lowest BCUT2D eigenvalue weighted by molar-refractivity contribution is 0.304. The molecule has 1 aromatic carbocycles. The van der Waals surface area contributed by atoms with Crippen molar-refractivity contribution in [2.24, 2.45) is 0 Å². The summed E-state index contributed by atoms with van der Waals surface area (Å²) in [4.78, 5) is 4.36. The van der Waals surface area contributed by atoms with E-state index >= 15 is 0 Å². The molecule has 0 aliphatic heterocycles. The maximum Gasteiger partial charge on any atom is 0.119 e. The number of ether oxygens (including phenoxy) is 1. The fourth-order valence-electron chi connectivity index (χ4n) is 2.55. The van der Waals surface area contributed by atoms with E-state index in [1.165, 1.54) is 37.7 Å². The monoisotopic (exact) mass is 335 g/mol. The summed E-state index contributed by atoms with van der Waals surface area (Å²) < 4.78 is 5.80. The van der Waals surface area contributed by atoms with Gasteiger partial charge in [-0.1, -0.05) is 57.9 Å². The minimum absolute atomic E-state index is 0.796. The lowest BCUT2D eigenvalue weighted by Gasteiger charge is -2.06. The number of hydrogen-bond acceptors (Lipinski definition) is 2. The molecule has 0 saturated carbocycles. The molecule has 0 unspecified atom stereocenters. The fourth-order valence-corrected chi connectivity index (χ4v) is 2.55. The number of rotatable bonds is 9.